The Labute approximate surface area is 134 Å². The molecule has 1 fully saturated rings. The second-order valence-corrected chi connectivity index (χ2v) is 5.74. The maximum atomic E-state index is 11.0. The number of phenols is 1. The Morgan fingerprint density at radius 1 is 1.35 bits per heavy atom. The molecule has 0 saturated carbocycles. The Morgan fingerprint density at radius 3 is 2.87 bits per heavy atom. The van der Waals surface area contributed by atoms with E-state index in [0.717, 1.165) is 12.1 Å². The molecular formula is C16H21N5O2. The lowest BCUT2D eigenvalue weighted by molar-refractivity contribution is -0.120. The standard InChI is InChI=1S/C16H21N5O2/c17-13(12-3-1-2-4-15(12)23)7-14-16(18)19-8-11-9-20(10-22)5-6-21(11)14/h1-4,7,10-11,19,23H,5-6,8-9,17-18H2/b13-7-. The van der Waals surface area contributed by atoms with Crippen molar-refractivity contribution in [2.45, 2.75) is 6.04 Å². The number of piperazine rings is 1. The number of para-hydroxylation sites is 1. The lowest BCUT2D eigenvalue weighted by Crippen LogP contribution is -2.59. The van der Waals surface area contributed by atoms with E-state index in [2.05, 4.69) is 10.2 Å². The van der Waals surface area contributed by atoms with Gasteiger partial charge in [-0.25, -0.2) is 0 Å². The average Bonchev–Trinajstić information content (AvgIpc) is 2.57. The van der Waals surface area contributed by atoms with Gasteiger partial charge in [0.1, 0.15) is 11.6 Å². The van der Waals surface area contributed by atoms with Crippen LogP contribution >= 0.6 is 0 Å². The highest BCUT2D eigenvalue weighted by molar-refractivity contribution is 5.70. The summed E-state index contributed by atoms with van der Waals surface area (Å²) in [6.45, 7) is 2.69. The minimum absolute atomic E-state index is 0.131. The summed E-state index contributed by atoms with van der Waals surface area (Å²) in [5.74, 6) is 0.686. The van der Waals surface area contributed by atoms with Gasteiger partial charge in [0, 0.05) is 37.4 Å². The van der Waals surface area contributed by atoms with Crippen molar-refractivity contribution in [2.24, 2.45) is 11.5 Å². The van der Waals surface area contributed by atoms with Crippen molar-refractivity contribution in [3.05, 3.63) is 47.4 Å². The summed E-state index contributed by atoms with van der Waals surface area (Å²) in [6, 6.07) is 7.08. The topological polar surface area (TPSA) is 108 Å². The Balaban J connectivity index is 1.90. The Hall–Kier alpha value is -2.83. The minimum atomic E-state index is 0.131. The predicted octanol–water partition coefficient (Wildman–Crippen LogP) is -0.435. The molecule has 2 heterocycles. The van der Waals surface area contributed by atoms with Gasteiger partial charge in [-0.3, -0.25) is 4.79 Å². The molecule has 2 aliphatic rings. The summed E-state index contributed by atoms with van der Waals surface area (Å²) in [5, 5.41) is 13.1. The van der Waals surface area contributed by atoms with Crippen LogP contribution in [0.15, 0.2) is 41.9 Å². The van der Waals surface area contributed by atoms with Crippen molar-refractivity contribution in [2.75, 3.05) is 26.2 Å². The molecule has 1 amide bonds. The minimum Gasteiger partial charge on any atom is -0.507 e. The largest absolute Gasteiger partial charge is 0.507 e. The van der Waals surface area contributed by atoms with Gasteiger partial charge in [0.2, 0.25) is 6.41 Å². The quantitative estimate of drug-likeness (QED) is 0.564. The summed E-state index contributed by atoms with van der Waals surface area (Å²) < 4.78 is 0. The number of fused-ring (bicyclic) bond motifs is 1. The number of hydrogen-bond acceptors (Lipinski definition) is 6. The number of phenolic OH excluding ortho intramolecular Hbond substituents is 1. The Bertz CT molecular complexity index is 670. The van der Waals surface area contributed by atoms with Gasteiger partial charge in [-0.15, -0.1) is 0 Å². The summed E-state index contributed by atoms with van der Waals surface area (Å²) in [5.41, 5.74) is 14.1. The third kappa shape index (κ3) is 2.90. The van der Waals surface area contributed by atoms with Crippen molar-refractivity contribution in [1.29, 1.82) is 0 Å². The molecule has 6 N–H and O–H groups in total. The van der Waals surface area contributed by atoms with Gasteiger partial charge < -0.3 is 31.7 Å². The van der Waals surface area contributed by atoms with Crippen molar-refractivity contribution < 1.29 is 9.90 Å². The first-order valence-corrected chi connectivity index (χ1v) is 7.55. The summed E-state index contributed by atoms with van der Waals surface area (Å²) >= 11 is 0. The SMILES string of the molecule is NC1=C(/C=C(\N)c2ccccc2O)N2CCN(C=O)CC2CN1. The molecule has 0 bridgehead atoms. The number of hydrogen-bond donors (Lipinski definition) is 4. The van der Waals surface area contributed by atoms with Crippen LogP contribution in [-0.4, -0.2) is 53.5 Å². The van der Waals surface area contributed by atoms with Crippen LogP contribution in [0.3, 0.4) is 0 Å². The molecule has 0 aliphatic carbocycles. The van der Waals surface area contributed by atoms with Gasteiger partial charge >= 0.3 is 0 Å². The average molecular weight is 315 g/mol. The monoisotopic (exact) mass is 315 g/mol. The fraction of sp³-hybridized carbons (Fsp3) is 0.312. The fourth-order valence-electron chi connectivity index (χ4n) is 3.04. The third-order valence-electron chi connectivity index (χ3n) is 4.28. The lowest BCUT2D eigenvalue weighted by atomic mass is 10.1. The molecule has 1 unspecified atom stereocenters. The Kier molecular flexibility index (Phi) is 4.01. The lowest BCUT2D eigenvalue weighted by Gasteiger charge is -2.45. The van der Waals surface area contributed by atoms with Crippen molar-refractivity contribution in [3.8, 4) is 5.75 Å². The van der Waals surface area contributed by atoms with E-state index < -0.39 is 0 Å². The molecular weight excluding hydrogens is 294 g/mol. The highest BCUT2D eigenvalue weighted by atomic mass is 16.3. The first kappa shape index (κ1) is 15.1. The number of allylic oxidation sites excluding steroid dienone is 1. The maximum absolute atomic E-state index is 11.0. The van der Waals surface area contributed by atoms with E-state index in [0.29, 0.717) is 43.3 Å². The molecule has 1 atom stereocenters. The van der Waals surface area contributed by atoms with E-state index >= 15 is 0 Å². The van der Waals surface area contributed by atoms with E-state index in [1.165, 1.54) is 0 Å². The van der Waals surface area contributed by atoms with Gasteiger partial charge in [-0.1, -0.05) is 12.1 Å². The molecule has 23 heavy (non-hydrogen) atoms. The molecule has 1 saturated heterocycles. The molecule has 122 valence electrons. The number of benzene rings is 1. The van der Waals surface area contributed by atoms with Gasteiger partial charge in [-0.2, -0.15) is 0 Å². The summed E-state index contributed by atoms with van der Waals surface area (Å²) in [7, 11) is 0. The molecule has 1 aromatic rings. The molecule has 7 nitrogen and oxygen atoms in total. The van der Waals surface area contributed by atoms with E-state index in [4.69, 9.17) is 11.5 Å². The molecule has 7 heteroatoms. The molecule has 1 aromatic carbocycles. The van der Waals surface area contributed by atoms with E-state index in [9.17, 15) is 9.90 Å². The van der Waals surface area contributed by atoms with Gasteiger partial charge in [0.25, 0.3) is 0 Å². The first-order chi connectivity index (χ1) is 11.1. The highest BCUT2D eigenvalue weighted by Crippen LogP contribution is 2.26. The Morgan fingerprint density at radius 2 is 2.13 bits per heavy atom. The van der Waals surface area contributed by atoms with E-state index in [1.54, 1.807) is 29.2 Å². The van der Waals surface area contributed by atoms with Crippen LogP contribution < -0.4 is 16.8 Å². The number of carbonyl (C=O) groups is 1. The summed E-state index contributed by atoms with van der Waals surface area (Å²) in [6.07, 6.45) is 2.66. The van der Waals surface area contributed by atoms with Crippen LogP contribution in [0.5, 0.6) is 5.75 Å². The number of rotatable bonds is 3. The number of nitrogens with zero attached hydrogens (tertiary/aromatic N) is 2. The van der Waals surface area contributed by atoms with E-state index in [1.807, 2.05) is 6.07 Å². The molecule has 0 aromatic heterocycles. The van der Waals surface area contributed by atoms with Gasteiger partial charge in [0.05, 0.1) is 11.7 Å². The second-order valence-electron chi connectivity index (χ2n) is 5.74. The van der Waals surface area contributed by atoms with Crippen LogP contribution in [0.25, 0.3) is 5.70 Å². The number of aromatic hydroxyl groups is 1. The fourth-order valence-corrected chi connectivity index (χ4v) is 3.04. The number of nitrogens with two attached hydrogens (primary N) is 2. The van der Waals surface area contributed by atoms with Crippen molar-refractivity contribution in [3.63, 3.8) is 0 Å². The number of amides is 1. The zero-order valence-corrected chi connectivity index (χ0v) is 12.8. The van der Waals surface area contributed by atoms with Crippen LogP contribution in [-0.2, 0) is 4.79 Å². The zero-order chi connectivity index (χ0) is 16.4. The van der Waals surface area contributed by atoms with Crippen LogP contribution in [0.2, 0.25) is 0 Å². The van der Waals surface area contributed by atoms with Crippen LogP contribution in [0.4, 0.5) is 0 Å². The van der Waals surface area contributed by atoms with Crippen molar-refractivity contribution in [1.82, 2.24) is 15.1 Å². The van der Waals surface area contributed by atoms with Crippen molar-refractivity contribution >= 4 is 12.1 Å². The van der Waals surface area contributed by atoms with E-state index in [-0.39, 0.29) is 11.8 Å². The second kappa shape index (κ2) is 6.12. The molecule has 0 spiro atoms. The van der Waals surface area contributed by atoms with Crippen LogP contribution in [0, 0.1) is 0 Å². The summed E-state index contributed by atoms with van der Waals surface area (Å²) in [4.78, 5) is 14.9. The molecule has 0 radical (unpaired) electrons. The van der Waals surface area contributed by atoms with Gasteiger partial charge in [-0.05, 0) is 18.2 Å². The highest BCUT2D eigenvalue weighted by Gasteiger charge is 2.31. The predicted molar refractivity (Wildman–Crippen MR) is 87.6 cm³/mol. The molecule has 3 rings (SSSR count). The third-order valence-corrected chi connectivity index (χ3v) is 4.28. The van der Waals surface area contributed by atoms with Crippen LogP contribution in [0.1, 0.15) is 5.56 Å². The number of nitrogens with one attached hydrogen (secondary N) is 1. The first-order valence-electron chi connectivity index (χ1n) is 7.55. The number of carbonyl (C=O) groups excluding carboxylic acids is 1. The maximum Gasteiger partial charge on any atom is 0.209 e. The normalized spacial score (nSPS) is 21.7. The van der Waals surface area contributed by atoms with Gasteiger partial charge in [0.15, 0.2) is 0 Å². The smallest absolute Gasteiger partial charge is 0.209 e. The zero-order valence-electron chi connectivity index (χ0n) is 12.8. The molecule has 2 aliphatic heterocycles.